The molecule has 234 valence electrons. The lowest BCUT2D eigenvalue weighted by Gasteiger charge is -2.12. The van der Waals surface area contributed by atoms with Gasteiger partial charge in [-0.2, -0.15) is 9.97 Å². The van der Waals surface area contributed by atoms with E-state index in [4.69, 9.17) is 21.8 Å². The average Bonchev–Trinajstić information content (AvgIpc) is 3.76. The third-order valence-electron chi connectivity index (χ3n) is 9.25. The second kappa shape index (κ2) is 11.4. The van der Waals surface area contributed by atoms with E-state index in [9.17, 15) is 0 Å². The van der Waals surface area contributed by atoms with E-state index in [2.05, 4.69) is 88.0 Å². The summed E-state index contributed by atoms with van der Waals surface area (Å²) < 4.78 is 46.2. The molecule has 0 bridgehead atoms. The molecule has 0 unspecified atom stereocenters. The van der Waals surface area contributed by atoms with Crippen LogP contribution in [0.2, 0.25) is 0 Å². The van der Waals surface area contributed by atoms with Gasteiger partial charge in [0.05, 0.1) is 28.9 Å². The largest absolute Gasteiger partial charge is 0.309 e. The molecule has 0 aliphatic carbocycles. The van der Waals surface area contributed by atoms with Crippen LogP contribution >= 0.6 is 0 Å². The van der Waals surface area contributed by atoms with Crippen molar-refractivity contribution in [3.63, 3.8) is 0 Å². The first kappa shape index (κ1) is 23.5. The van der Waals surface area contributed by atoms with Crippen molar-refractivity contribution in [1.82, 2.24) is 24.1 Å². The molecule has 10 rings (SSSR count). The highest BCUT2D eigenvalue weighted by Crippen LogP contribution is 2.42. The number of aromatic nitrogens is 5. The summed E-state index contributed by atoms with van der Waals surface area (Å²) in [6.45, 7) is 0. The van der Waals surface area contributed by atoms with E-state index < -0.39 is 6.04 Å². The Bertz CT molecular complexity index is 3130. The van der Waals surface area contributed by atoms with Crippen molar-refractivity contribution < 1.29 is 6.85 Å². The molecule has 5 heteroatoms. The summed E-state index contributed by atoms with van der Waals surface area (Å²) in [6.07, 6.45) is 0. The standard InChI is InChI=1S/C45H29N5/c1-4-15-30(16-5-1)32-19-14-20-33(29-32)44-46-43(31-17-6-2-7-18-31)47-45(48-44)50-38-26-13-11-24-36(38)42-40(50)28-27-39-41(42)35-23-10-12-25-37(35)49(39)34-21-8-3-9-22-34/h1-29H/i1D,4D,5D,15D,16D. The molecule has 0 saturated carbocycles. The monoisotopic (exact) mass is 644 g/mol. The normalized spacial score (nSPS) is 13.0. The Morgan fingerprint density at radius 3 is 1.64 bits per heavy atom. The SMILES string of the molecule is [2H]c1c([2H])c([2H])c(-c2cccc(-c3nc(-c4ccccc4)nc(-n4c5ccccc5c5c6c7ccccc7n(-c7ccccc7)c6ccc54)n3)c2)c([2H])c1[2H]. The van der Waals surface area contributed by atoms with Crippen LogP contribution in [-0.2, 0) is 0 Å². The van der Waals surface area contributed by atoms with Gasteiger partial charge in [0.1, 0.15) is 0 Å². The van der Waals surface area contributed by atoms with Gasteiger partial charge in [-0.25, -0.2) is 4.98 Å². The van der Waals surface area contributed by atoms with Crippen LogP contribution in [0.4, 0.5) is 0 Å². The van der Waals surface area contributed by atoms with Gasteiger partial charge in [-0.3, -0.25) is 4.57 Å². The fourth-order valence-corrected chi connectivity index (χ4v) is 7.11. The molecular weight excluding hydrogens is 611 g/mol. The first-order valence-electron chi connectivity index (χ1n) is 18.9. The summed E-state index contributed by atoms with van der Waals surface area (Å²) in [7, 11) is 0. The van der Waals surface area contributed by atoms with Gasteiger partial charge in [-0.15, -0.1) is 0 Å². The highest BCUT2D eigenvalue weighted by molar-refractivity contribution is 6.28. The van der Waals surface area contributed by atoms with Crippen LogP contribution in [0.3, 0.4) is 0 Å². The van der Waals surface area contributed by atoms with E-state index in [1.54, 1.807) is 18.2 Å². The molecule has 0 atom stereocenters. The topological polar surface area (TPSA) is 48.5 Å². The van der Waals surface area contributed by atoms with Gasteiger partial charge in [0.15, 0.2) is 11.6 Å². The third-order valence-corrected chi connectivity index (χ3v) is 9.25. The zero-order valence-corrected chi connectivity index (χ0v) is 26.6. The van der Waals surface area contributed by atoms with Gasteiger partial charge < -0.3 is 4.57 Å². The highest BCUT2D eigenvalue weighted by Gasteiger charge is 2.22. The van der Waals surface area contributed by atoms with Crippen molar-refractivity contribution in [2.45, 2.75) is 0 Å². The van der Waals surface area contributed by atoms with Gasteiger partial charge in [-0.05, 0) is 53.6 Å². The molecule has 0 saturated heterocycles. The lowest BCUT2D eigenvalue weighted by atomic mass is 10.0. The molecule has 0 radical (unpaired) electrons. The summed E-state index contributed by atoms with van der Waals surface area (Å²) in [6, 6.07) is 46.7. The van der Waals surface area contributed by atoms with Gasteiger partial charge in [-0.1, -0.05) is 133 Å². The minimum absolute atomic E-state index is 0.117. The van der Waals surface area contributed by atoms with Crippen molar-refractivity contribution in [2.24, 2.45) is 0 Å². The zero-order chi connectivity index (χ0) is 37.4. The minimum atomic E-state index is -0.433. The van der Waals surface area contributed by atoms with Crippen LogP contribution in [-0.4, -0.2) is 24.1 Å². The van der Waals surface area contributed by atoms with Crippen LogP contribution in [0.25, 0.3) is 89.2 Å². The van der Waals surface area contributed by atoms with Crippen molar-refractivity contribution >= 4 is 43.6 Å². The van der Waals surface area contributed by atoms with Gasteiger partial charge in [0, 0.05) is 38.4 Å². The fraction of sp³-hybridized carbons (Fsp3) is 0. The van der Waals surface area contributed by atoms with Crippen molar-refractivity contribution in [1.29, 1.82) is 0 Å². The molecule has 0 amide bonds. The van der Waals surface area contributed by atoms with E-state index >= 15 is 0 Å². The molecular formula is C45H29N5. The van der Waals surface area contributed by atoms with Crippen LogP contribution in [0.5, 0.6) is 0 Å². The van der Waals surface area contributed by atoms with E-state index in [1.807, 2.05) is 48.5 Å². The van der Waals surface area contributed by atoms with Crippen molar-refractivity contribution in [2.75, 3.05) is 0 Å². The molecule has 0 aliphatic rings. The molecule has 0 fully saturated rings. The minimum Gasteiger partial charge on any atom is -0.309 e. The Kier molecular flexibility index (Phi) is 5.35. The predicted octanol–water partition coefficient (Wildman–Crippen LogP) is 11.1. The van der Waals surface area contributed by atoms with Gasteiger partial charge in [0.25, 0.3) is 0 Å². The average molecular weight is 645 g/mol. The Hall–Kier alpha value is -6.85. The second-order valence-corrected chi connectivity index (χ2v) is 12.1. The van der Waals surface area contributed by atoms with Gasteiger partial charge in [0.2, 0.25) is 5.95 Å². The number of nitrogens with zero attached hydrogens (tertiary/aromatic N) is 5. The summed E-state index contributed by atoms with van der Waals surface area (Å²) >= 11 is 0. The van der Waals surface area contributed by atoms with E-state index in [0.29, 0.717) is 28.7 Å². The van der Waals surface area contributed by atoms with Crippen LogP contribution in [0.1, 0.15) is 6.85 Å². The number of hydrogen-bond donors (Lipinski definition) is 0. The first-order valence-corrected chi connectivity index (χ1v) is 16.4. The Morgan fingerprint density at radius 1 is 0.400 bits per heavy atom. The third kappa shape index (κ3) is 4.45. The second-order valence-electron chi connectivity index (χ2n) is 12.1. The maximum absolute atomic E-state index is 8.62. The predicted molar refractivity (Wildman–Crippen MR) is 205 cm³/mol. The number of rotatable bonds is 5. The van der Waals surface area contributed by atoms with E-state index in [-0.39, 0.29) is 29.7 Å². The number of hydrogen-bond acceptors (Lipinski definition) is 3. The summed E-state index contributed by atoms with van der Waals surface area (Å²) in [5, 5.41) is 4.42. The fourth-order valence-electron chi connectivity index (χ4n) is 7.11. The molecule has 0 spiro atoms. The Morgan fingerprint density at radius 2 is 0.940 bits per heavy atom. The van der Waals surface area contributed by atoms with Crippen molar-refractivity contribution in [3.8, 4) is 45.5 Å². The smallest absolute Gasteiger partial charge is 0.238 e. The van der Waals surface area contributed by atoms with E-state index in [1.165, 1.54) is 0 Å². The Balaban J connectivity index is 1.26. The number of benzene rings is 7. The lowest BCUT2D eigenvalue weighted by molar-refractivity contribution is 0.953. The Labute approximate surface area is 295 Å². The summed E-state index contributed by atoms with van der Waals surface area (Å²) in [5.41, 5.74) is 7.16. The molecule has 3 heterocycles. The number of fused-ring (bicyclic) bond motifs is 7. The zero-order valence-electron chi connectivity index (χ0n) is 31.6. The van der Waals surface area contributed by atoms with Crippen LogP contribution in [0.15, 0.2) is 176 Å². The lowest BCUT2D eigenvalue weighted by Crippen LogP contribution is -2.06. The first-order chi connectivity index (χ1) is 26.9. The van der Waals surface area contributed by atoms with Crippen LogP contribution in [0, 0.1) is 0 Å². The molecule has 50 heavy (non-hydrogen) atoms. The molecule has 5 nitrogen and oxygen atoms in total. The maximum atomic E-state index is 8.62. The molecule has 7 aromatic carbocycles. The summed E-state index contributed by atoms with van der Waals surface area (Å²) in [5.74, 6) is 1.28. The molecule has 3 aromatic heterocycles. The molecule has 0 N–H and O–H groups in total. The van der Waals surface area contributed by atoms with Gasteiger partial charge >= 0.3 is 0 Å². The quantitative estimate of drug-likeness (QED) is 0.187. The summed E-state index contributed by atoms with van der Waals surface area (Å²) in [4.78, 5) is 15.2. The van der Waals surface area contributed by atoms with E-state index in [0.717, 1.165) is 54.9 Å². The molecule has 10 aromatic rings. The maximum Gasteiger partial charge on any atom is 0.238 e. The highest BCUT2D eigenvalue weighted by atomic mass is 15.2. The number of para-hydroxylation sites is 3. The van der Waals surface area contributed by atoms with Crippen LogP contribution < -0.4 is 0 Å². The molecule has 0 aliphatic heterocycles. The van der Waals surface area contributed by atoms with Crippen molar-refractivity contribution in [3.05, 3.63) is 176 Å².